The molecule has 0 radical (unpaired) electrons. The third kappa shape index (κ3) is 4.63. The van der Waals surface area contributed by atoms with Crippen LogP contribution < -0.4 is 9.80 Å². The average molecular weight is 683 g/mol. The summed E-state index contributed by atoms with van der Waals surface area (Å²) in [5, 5.41) is 2.62. The van der Waals surface area contributed by atoms with Gasteiger partial charge in [-0.2, -0.15) is 0 Å². The largest absolute Gasteiger partial charge is 0.311 e. The summed E-state index contributed by atoms with van der Waals surface area (Å²) < 4.78 is 2.64. The number of thiophene rings is 1. The summed E-state index contributed by atoms with van der Waals surface area (Å²) >= 11 is 1.90. The summed E-state index contributed by atoms with van der Waals surface area (Å²) in [6.45, 7) is 0. The van der Waals surface area contributed by atoms with Gasteiger partial charge in [-0.15, -0.1) is 11.3 Å². The van der Waals surface area contributed by atoms with Crippen LogP contribution >= 0.6 is 11.3 Å². The maximum Gasteiger partial charge on any atom is 0.0756 e. The zero-order valence-electron chi connectivity index (χ0n) is 28.4. The number of hydrogen-bond acceptors (Lipinski definition) is 3. The van der Waals surface area contributed by atoms with Crippen LogP contribution in [0.15, 0.2) is 206 Å². The predicted octanol–water partition coefficient (Wildman–Crippen LogP) is 13.7. The van der Waals surface area contributed by atoms with Crippen molar-refractivity contribution >= 4 is 65.6 Å². The van der Waals surface area contributed by atoms with Crippen molar-refractivity contribution in [3.05, 3.63) is 229 Å². The number of para-hydroxylation sites is 4. The highest BCUT2D eigenvalue weighted by Gasteiger charge is 2.47. The molecule has 52 heavy (non-hydrogen) atoms. The van der Waals surface area contributed by atoms with Crippen molar-refractivity contribution in [1.82, 2.24) is 0 Å². The molecule has 2 heterocycles. The molecule has 2 nitrogen and oxygen atoms in total. The second-order valence-corrected chi connectivity index (χ2v) is 14.3. The predicted molar refractivity (Wildman–Crippen MR) is 221 cm³/mol. The van der Waals surface area contributed by atoms with E-state index in [1.54, 1.807) is 0 Å². The summed E-state index contributed by atoms with van der Waals surface area (Å²) in [6.07, 6.45) is 0. The number of nitrogens with zero attached hydrogens (tertiary/aromatic N) is 2. The summed E-state index contributed by atoms with van der Waals surface area (Å²) in [7, 11) is 0. The molecule has 1 aromatic heterocycles. The Hall–Kier alpha value is -6.42. The topological polar surface area (TPSA) is 6.48 Å². The Balaban J connectivity index is 1.21. The van der Waals surface area contributed by atoms with E-state index in [0.29, 0.717) is 0 Å². The number of benzene rings is 8. The van der Waals surface area contributed by atoms with Gasteiger partial charge in [0.15, 0.2) is 0 Å². The van der Waals surface area contributed by atoms with Gasteiger partial charge in [-0.05, 0) is 89.0 Å². The van der Waals surface area contributed by atoms with E-state index in [1.807, 2.05) is 11.3 Å². The standard InChI is InChI=1S/C49H34N2S/c1-4-17-35(18-5-1)49(44-27-16-24-41-40-23-10-15-30-47(40)52-48(41)44)42-25-11-13-28-45(42)51(46-29-14-12-26-43(46)49)39-33-31-38(32-34-39)50(36-19-6-2-7-20-36)37-21-8-3-9-22-37/h1-34H. The first-order chi connectivity index (χ1) is 25.8. The van der Waals surface area contributed by atoms with Gasteiger partial charge in [-0.3, -0.25) is 0 Å². The van der Waals surface area contributed by atoms with Crippen molar-refractivity contribution in [2.75, 3.05) is 9.80 Å². The van der Waals surface area contributed by atoms with Gasteiger partial charge in [0.2, 0.25) is 0 Å². The minimum Gasteiger partial charge on any atom is -0.311 e. The van der Waals surface area contributed by atoms with E-state index in [-0.39, 0.29) is 0 Å². The SMILES string of the molecule is c1ccc(N(c2ccccc2)c2ccc(N3c4ccccc4C(c4ccccc4)(c4cccc5c4sc4ccccc45)c4ccccc43)cc2)cc1. The van der Waals surface area contributed by atoms with E-state index in [4.69, 9.17) is 0 Å². The summed E-state index contributed by atoms with van der Waals surface area (Å²) in [5.41, 5.74) is 11.4. The lowest BCUT2D eigenvalue weighted by molar-refractivity contribution is 0.739. The molecule has 1 aliphatic rings. The molecule has 0 bridgehead atoms. The van der Waals surface area contributed by atoms with E-state index >= 15 is 0 Å². The maximum atomic E-state index is 2.45. The van der Waals surface area contributed by atoms with Crippen LogP contribution in [0.5, 0.6) is 0 Å². The average Bonchev–Trinajstić information content (AvgIpc) is 3.61. The van der Waals surface area contributed by atoms with Crippen LogP contribution in [-0.4, -0.2) is 0 Å². The van der Waals surface area contributed by atoms with Crippen molar-refractivity contribution in [3.63, 3.8) is 0 Å². The van der Waals surface area contributed by atoms with Crippen LogP contribution in [0.1, 0.15) is 22.3 Å². The molecular weight excluding hydrogens is 649 g/mol. The van der Waals surface area contributed by atoms with Crippen LogP contribution in [-0.2, 0) is 5.41 Å². The van der Waals surface area contributed by atoms with Gasteiger partial charge in [-0.1, -0.05) is 140 Å². The lowest BCUT2D eigenvalue weighted by atomic mass is 9.62. The fourth-order valence-electron chi connectivity index (χ4n) is 8.36. The highest BCUT2D eigenvalue weighted by molar-refractivity contribution is 7.26. The zero-order chi connectivity index (χ0) is 34.5. The Morgan fingerprint density at radius 3 is 1.50 bits per heavy atom. The lowest BCUT2D eigenvalue weighted by Crippen LogP contribution is -2.37. The number of rotatable bonds is 6. The molecule has 0 atom stereocenters. The molecule has 9 aromatic rings. The van der Waals surface area contributed by atoms with Crippen LogP contribution in [0, 0.1) is 0 Å². The first-order valence-electron chi connectivity index (χ1n) is 17.8. The zero-order valence-corrected chi connectivity index (χ0v) is 29.2. The molecule has 0 saturated heterocycles. The Labute approximate surface area is 308 Å². The van der Waals surface area contributed by atoms with Gasteiger partial charge in [0.05, 0.1) is 16.8 Å². The fraction of sp³-hybridized carbons (Fsp3) is 0.0204. The molecule has 8 aromatic carbocycles. The van der Waals surface area contributed by atoms with Gasteiger partial charge < -0.3 is 9.80 Å². The van der Waals surface area contributed by atoms with Gasteiger partial charge >= 0.3 is 0 Å². The molecule has 0 amide bonds. The maximum absolute atomic E-state index is 2.45. The molecule has 0 fully saturated rings. The number of fused-ring (bicyclic) bond motifs is 5. The fourth-order valence-corrected chi connectivity index (χ4v) is 9.64. The Morgan fingerprint density at radius 2 is 0.865 bits per heavy atom. The molecule has 0 saturated carbocycles. The van der Waals surface area contributed by atoms with Crippen LogP contribution in [0.4, 0.5) is 34.1 Å². The molecule has 3 heteroatoms. The minimum atomic E-state index is -0.553. The smallest absolute Gasteiger partial charge is 0.0756 e. The molecule has 1 aliphatic heterocycles. The molecule has 10 rings (SSSR count). The van der Waals surface area contributed by atoms with Crippen LogP contribution in [0.2, 0.25) is 0 Å². The number of hydrogen-bond donors (Lipinski definition) is 0. The molecule has 0 spiro atoms. The summed E-state index contributed by atoms with van der Waals surface area (Å²) in [6, 6.07) is 75.1. The first-order valence-corrected chi connectivity index (χ1v) is 18.6. The Bertz CT molecular complexity index is 2600. The molecule has 246 valence electrons. The van der Waals surface area contributed by atoms with E-state index in [9.17, 15) is 0 Å². The number of anilines is 6. The lowest BCUT2D eigenvalue weighted by Gasteiger charge is -2.46. The van der Waals surface area contributed by atoms with E-state index in [2.05, 4.69) is 216 Å². The third-order valence-corrected chi connectivity index (χ3v) is 11.7. The van der Waals surface area contributed by atoms with Crippen molar-refractivity contribution in [3.8, 4) is 0 Å². The Morgan fingerprint density at radius 1 is 0.385 bits per heavy atom. The van der Waals surface area contributed by atoms with Gasteiger partial charge in [0.25, 0.3) is 0 Å². The van der Waals surface area contributed by atoms with Crippen molar-refractivity contribution in [2.45, 2.75) is 5.41 Å². The monoisotopic (exact) mass is 682 g/mol. The summed E-state index contributed by atoms with van der Waals surface area (Å²) in [4.78, 5) is 4.77. The highest BCUT2D eigenvalue weighted by Crippen LogP contribution is 2.59. The van der Waals surface area contributed by atoms with Crippen LogP contribution in [0.3, 0.4) is 0 Å². The highest BCUT2D eigenvalue weighted by atomic mass is 32.1. The molecular formula is C49H34N2S. The normalized spacial score (nSPS) is 13.1. The van der Waals surface area contributed by atoms with Gasteiger partial charge in [0, 0.05) is 42.9 Å². The van der Waals surface area contributed by atoms with E-state index < -0.39 is 5.41 Å². The first kappa shape index (κ1) is 30.4. The van der Waals surface area contributed by atoms with Gasteiger partial charge in [-0.25, -0.2) is 0 Å². The minimum absolute atomic E-state index is 0.553. The second kappa shape index (κ2) is 12.4. The summed E-state index contributed by atoms with van der Waals surface area (Å²) in [5.74, 6) is 0. The molecule has 0 aliphatic carbocycles. The van der Waals surface area contributed by atoms with Gasteiger partial charge in [0.1, 0.15) is 0 Å². The Kier molecular flexibility index (Phi) is 7.26. The quantitative estimate of drug-likeness (QED) is 0.172. The third-order valence-electron chi connectivity index (χ3n) is 10.5. The molecule has 0 unspecified atom stereocenters. The van der Waals surface area contributed by atoms with Crippen molar-refractivity contribution < 1.29 is 0 Å². The van der Waals surface area contributed by atoms with Crippen molar-refractivity contribution in [1.29, 1.82) is 0 Å². The van der Waals surface area contributed by atoms with E-state index in [0.717, 1.165) is 22.7 Å². The second-order valence-electron chi connectivity index (χ2n) is 13.3. The van der Waals surface area contributed by atoms with Crippen molar-refractivity contribution in [2.24, 2.45) is 0 Å². The molecule has 0 N–H and O–H groups in total. The van der Waals surface area contributed by atoms with Crippen LogP contribution in [0.25, 0.3) is 20.2 Å². The van der Waals surface area contributed by atoms with E-state index in [1.165, 1.54) is 53.8 Å².